The molecule has 0 bridgehead atoms. The lowest BCUT2D eigenvalue weighted by molar-refractivity contribution is 0.190. The smallest absolute Gasteiger partial charge is 0.127 e. The molecule has 4 aliphatic rings. The van der Waals surface area contributed by atoms with Gasteiger partial charge in [-0.3, -0.25) is 9.89 Å². The van der Waals surface area contributed by atoms with Crippen LogP contribution >= 0.6 is 0 Å². The Labute approximate surface area is 175 Å². The van der Waals surface area contributed by atoms with Gasteiger partial charge < -0.3 is 10.6 Å². The quantitative estimate of drug-likeness (QED) is 0.729. The summed E-state index contributed by atoms with van der Waals surface area (Å²) in [4.78, 5) is 7.78. The number of nitrogens with zero attached hydrogens (tertiary/aromatic N) is 2. The van der Waals surface area contributed by atoms with Crippen LogP contribution in [0.2, 0.25) is 0 Å². The molecule has 29 heavy (non-hydrogen) atoms. The van der Waals surface area contributed by atoms with E-state index in [1.165, 1.54) is 75.7 Å². The van der Waals surface area contributed by atoms with Gasteiger partial charge in [0.1, 0.15) is 5.84 Å². The maximum absolute atomic E-state index is 5.13. The lowest BCUT2D eigenvalue weighted by Gasteiger charge is -2.44. The summed E-state index contributed by atoms with van der Waals surface area (Å²) in [5, 5.41) is 7.55. The van der Waals surface area contributed by atoms with Crippen LogP contribution < -0.4 is 10.6 Å². The summed E-state index contributed by atoms with van der Waals surface area (Å²) in [6.07, 6.45) is 18.6. The van der Waals surface area contributed by atoms with Crippen molar-refractivity contribution in [2.45, 2.75) is 69.4 Å². The van der Waals surface area contributed by atoms with E-state index in [9.17, 15) is 0 Å². The highest BCUT2D eigenvalue weighted by molar-refractivity contribution is 6.09. The van der Waals surface area contributed by atoms with Crippen LogP contribution in [0.5, 0.6) is 0 Å². The van der Waals surface area contributed by atoms with Crippen molar-refractivity contribution in [3.63, 3.8) is 0 Å². The summed E-state index contributed by atoms with van der Waals surface area (Å²) in [6, 6.07) is 9.14. The third kappa shape index (κ3) is 4.00. The molecule has 2 aliphatic heterocycles. The number of piperidine rings is 1. The van der Waals surface area contributed by atoms with Gasteiger partial charge in [-0.1, -0.05) is 56.0 Å². The van der Waals surface area contributed by atoms with Gasteiger partial charge in [0.05, 0.1) is 23.5 Å². The van der Waals surface area contributed by atoms with Crippen molar-refractivity contribution in [3.05, 3.63) is 48.1 Å². The summed E-state index contributed by atoms with van der Waals surface area (Å²) in [7, 11) is 0. The molecular weight excluding hydrogens is 356 g/mol. The number of benzene rings is 1. The summed E-state index contributed by atoms with van der Waals surface area (Å²) in [5.74, 6) is 1.14. The number of fused-ring (bicyclic) bond motifs is 1. The van der Waals surface area contributed by atoms with Crippen molar-refractivity contribution in [2.75, 3.05) is 30.3 Å². The van der Waals surface area contributed by atoms with Crippen LogP contribution in [-0.4, -0.2) is 42.0 Å². The highest BCUT2D eigenvalue weighted by Gasteiger charge is 2.40. The zero-order valence-corrected chi connectivity index (χ0v) is 17.5. The van der Waals surface area contributed by atoms with E-state index in [1.807, 2.05) is 0 Å². The van der Waals surface area contributed by atoms with Gasteiger partial charge in [-0.15, -0.1) is 0 Å². The van der Waals surface area contributed by atoms with E-state index in [0.29, 0.717) is 6.04 Å². The molecule has 2 N–H and O–H groups in total. The van der Waals surface area contributed by atoms with Crippen molar-refractivity contribution in [2.24, 2.45) is 4.99 Å². The molecule has 1 saturated carbocycles. The molecule has 2 heterocycles. The third-order valence-corrected chi connectivity index (χ3v) is 7.15. The van der Waals surface area contributed by atoms with Crippen molar-refractivity contribution < 1.29 is 0 Å². The van der Waals surface area contributed by atoms with Gasteiger partial charge in [0, 0.05) is 6.04 Å². The van der Waals surface area contributed by atoms with Crippen LogP contribution in [0.4, 0.5) is 11.4 Å². The van der Waals surface area contributed by atoms with Crippen LogP contribution in [0.1, 0.15) is 57.8 Å². The van der Waals surface area contributed by atoms with E-state index in [0.717, 1.165) is 24.5 Å². The lowest BCUT2D eigenvalue weighted by Crippen LogP contribution is -2.53. The molecule has 1 unspecified atom stereocenters. The topological polar surface area (TPSA) is 39.7 Å². The SMILES string of the molecule is C1=CC(N2CCCCC2)CC=C1CN=C1Nc2ccccc2NC12CCCCC2. The average Bonchev–Trinajstić information content (AvgIpc) is 2.79. The number of anilines is 2. The molecule has 4 nitrogen and oxygen atoms in total. The molecule has 154 valence electrons. The van der Waals surface area contributed by atoms with Gasteiger partial charge in [0.25, 0.3) is 0 Å². The fourth-order valence-corrected chi connectivity index (χ4v) is 5.44. The zero-order valence-electron chi connectivity index (χ0n) is 17.5. The maximum atomic E-state index is 5.13. The average molecular weight is 391 g/mol. The monoisotopic (exact) mass is 390 g/mol. The molecule has 5 rings (SSSR count). The summed E-state index contributed by atoms with van der Waals surface area (Å²) < 4.78 is 0. The summed E-state index contributed by atoms with van der Waals surface area (Å²) in [6.45, 7) is 3.30. The van der Waals surface area contributed by atoms with Gasteiger partial charge in [-0.2, -0.15) is 0 Å². The number of amidine groups is 1. The number of para-hydroxylation sites is 2. The van der Waals surface area contributed by atoms with Crippen LogP contribution in [0, 0.1) is 0 Å². The van der Waals surface area contributed by atoms with E-state index >= 15 is 0 Å². The molecule has 2 fully saturated rings. The molecule has 0 radical (unpaired) electrons. The molecule has 0 amide bonds. The van der Waals surface area contributed by atoms with Gasteiger partial charge in [0.2, 0.25) is 0 Å². The van der Waals surface area contributed by atoms with Crippen LogP contribution in [0.25, 0.3) is 0 Å². The van der Waals surface area contributed by atoms with E-state index in [-0.39, 0.29) is 5.54 Å². The molecule has 1 spiro atoms. The van der Waals surface area contributed by atoms with Crippen molar-refractivity contribution in [3.8, 4) is 0 Å². The van der Waals surface area contributed by atoms with E-state index in [1.54, 1.807) is 0 Å². The van der Waals surface area contributed by atoms with Crippen molar-refractivity contribution in [1.82, 2.24) is 4.90 Å². The fourth-order valence-electron chi connectivity index (χ4n) is 5.44. The summed E-state index contributed by atoms with van der Waals surface area (Å²) >= 11 is 0. The number of likely N-dealkylation sites (tertiary alicyclic amines) is 1. The van der Waals surface area contributed by atoms with E-state index < -0.39 is 0 Å². The number of nitrogens with one attached hydrogen (secondary N) is 2. The third-order valence-electron chi connectivity index (χ3n) is 7.15. The van der Waals surface area contributed by atoms with Gasteiger partial charge in [0.15, 0.2) is 0 Å². The van der Waals surface area contributed by atoms with Crippen LogP contribution in [-0.2, 0) is 0 Å². The molecular formula is C25H34N4. The largest absolute Gasteiger partial charge is 0.371 e. The Kier molecular flexibility index (Phi) is 5.45. The highest BCUT2D eigenvalue weighted by Crippen LogP contribution is 2.39. The first-order valence-electron chi connectivity index (χ1n) is 11.6. The first-order valence-corrected chi connectivity index (χ1v) is 11.6. The lowest BCUT2D eigenvalue weighted by atomic mass is 9.79. The maximum Gasteiger partial charge on any atom is 0.127 e. The number of hydrogen-bond donors (Lipinski definition) is 2. The molecule has 1 aromatic rings. The molecule has 1 atom stereocenters. The minimum atomic E-state index is -0.0120. The Bertz CT molecular complexity index is 810. The Morgan fingerprint density at radius 3 is 2.48 bits per heavy atom. The first-order chi connectivity index (χ1) is 14.3. The van der Waals surface area contributed by atoms with Crippen molar-refractivity contribution in [1.29, 1.82) is 0 Å². The molecule has 1 aromatic carbocycles. The first kappa shape index (κ1) is 18.9. The Morgan fingerprint density at radius 2 is 1.72 bits per heavy atom. The Morgan fingerprint density at radius 1 is 0.966 bits per heavy atom. The Hall–Kier alpha value is -2.07. The second-order valence-electron chi connectivity index (χ2n) is 9.14. The van der Waals surface area contributed by atoms with Crippen molar-refractivity contribution >= 4 is 17.2 Å². The van der Waals surface area contributed by atoms with Gasteiger partial charge in [-0.05, 0) is 62.9 Å². The van der Waals surface area contributed by atoms with Crippen LogP contribution in [0.15, 0.2) is 53.1 Å². The predicted molar refractivity (Wildman–Crippen MR) is 123 cm³/mol. The standard InChI is InChI=1S/C25H34N4/c1-5-15-25(16-6-1)24(27-22-9-3-4-10-23(22)28-25)26-19-20-11-13-21(14-12-20)29-17-7-2-8-18-29/h3-4,9-13,21,28H,1-2,5-8,14-19H2,(H,26,27). The molecule has 1 saturated heterocycles. The zero-order chi connectivity index (χ0) is 19.5. The Balaban J connectivity index is 1.30. The second kappa shape index (κ2) is 8.35. The molecule has 0 aromatic heterocycles. The predicted octanol–water partition coefficient (Wildman–Crippen LogP) is 5.37. The number of rotatable bonds is 3. The fraction of sp³-hybridized carbons (Fsp3) is 0.560. The molecule has 4 heteroatoms. The van der Waals surface area contributed by atoms with E-state index in [2.05, 4.69) is 58.0 Å². The van der Waals surface area contributed by atoms with Gasteiger partial charge >= 0.3 is 0 Å². The van der Waals surface area contributed by atoms with Crippen LogP contribution in [0.3, 0.4) is 0 Å². The van der Waals surface area contributed by atoms with Gasteiger partial charge in [-0.25, -0.2) is 0 Å². The normalized spacial score (nSPS) is 27.8. The number of aliphatic imine (C=N–C) groups is 1. The highest BCUT2D eigenvalue weighted by atomic mass is 15.2. The minimum absolute atomic E-state index is 0.0120. The van der Waals surface area contributed by atoms with E-state index in [4.69, 9.17) is 4.99 Å². The second-order valence-corrected chi connectivity index (χ2v) is 9.14. The summed E-state index contributed by atoms with van der Waals surface area (Å²) in [5.41, 5.74) is 3.72. The molecule has 2 aliphatic carbocycles. The minimum Gasteiger partial charge on any atom is -0.371 e. The number of hydrogen-bond acceptors (Lipinski definition) is 3.